The van der Waals surface area contributed by atoms with E-state index in [4.69, 9.17) is 9.47 Å². The first kappa shape index (κ1) is 16.8. The number of hydrogen-bond acceptors (Lipinski definition) is 4. The third-order valence-electron chi connectivity index (χ3n) is 2.64. The van der Waals surface area contributed by atoms with Crippen molar-refractivity contribution in [1.29, 1.82) is 0 Å². The van der Waals surface area contributed by atoms with Gasteiger partial charge in [-0.25, -0.2) is 0 Å². The molecule has 1 aromatic carbocycles. The van der Waals surface area contributed by atoms with Gasteiger partial charge in [-0.1, -0.05) is 12.1 Å². The molecule has 0 aliphatic heterocycles. The van der Waals surface area contributed by atoms with Gasteiger partial charge in [-0.2, -0.15) is 0 Å². The number of ether oxygens (including phenoxy) is 2. The van der Waals surface area contributed by atoms with Crippen LogP contribution in [-0.2, 0) is 13.2 Å². The van der Waals surface area contributed by atoms with Crippen molar-refractivity contribution < 1.29 is 9.47 Å². The van der Waals surface area contributed by atoms with Gasteiger partial charge in [0.15, 0.2) is 11.5 Å². The summed E-state index contributed by atoms with van der Waals surface area (Å²) >= 11 is 1.70. The van der Waals surface area contributed by atoms with Crippen LogP contribution in [0.5, 0.6) is 11.5 Å². The van der Waals surface area contributed by atoms with Gasteiger partial charge < -0.3 is 14.8 Å². The highest BCUT2D eigenvalue weighted by atomic mass is 35.5. The Balaban J connectivity index is 0.00000200. The molecule has 0 atom stereocenters. The molecular formula is C15H20ClNO2S. The summed E-state index contributed by atoms with van der Waals surface area (Å²) in [6, 6.07) is 10.2. The van der Waals surface area contributed by atoms with E-state index in [1.165, 1.54) is 10.4 Å². The van der Waals surface area contributed by atoms with Crippen LogP contribution in [0.4, 0.5) is 0 Å². The lowest BCUT2D eigenvalue weighted by molar-refractivity contribution is 0.271. The topological polar surface area (TPSA) is 30.5 Å². The molecule has 3 nitrogen and oxygen atoms in total. The monoisotopic (exact) mass is 313 g/mol. The molecule has 0 saturated carbocycles. The molecule has 0 aliphatic carbocycles. The van der Waals surface area contributed by atoms with Gasteiger partial charge in [-0.3, -0.25) is 0 Å². The Morgan fingerprint density at radius 3 is 2.65 bits per heavy atom. The SMILES string of the molecule is CCOc1cc(CNC)ccc1OCc1cccs1.Cl. The third kappa shape index (κ3) is 4.71. The van der Waals surface area contributed by atoms with E-state index in [2.05, 4.69) is 22.8 Å². The summed E-state index contributed by atoms with van der Waals surface area (Å²) in [4.78, 5) is 1.21. The molecule has 0 bridgehead atoms. The highest BCUT2D eigenvalue weighted by molar-refractivity contribution is 7.09. The van der Waals surface area contributed by atoms with Gasteiger partial charge in [0, 0.05) is 11.4 Å². The molecule has 0 spiro atoms. The quantitative estimate of drug-likeness (QED) is 0.842. The Bertz CT molecular complexity index is 503. The molecular weight excluding hydrogens is 294 g/mol. The van der Waals surface area contributed by atoms with Crippen LogP contribution >= 0.6 is 23.7 Å². The minimum atomic E-state index is 0. The number of halogens is 1. The maximum Gasteiger partial charge on any atom is 0.161 e. The van der Waals surface area contributed by atoms with Crippen LogP contribution in [0, 0.1) is 0 Å². The largest absolute Gasteiger partial charge is 0.490 e. The molecule has 0 fully saturated rings. The molecule has 2 rings (SSSR count). The van der Waals surface area contributed by atoms with Crippen LogP contribution in [0.25, 0.3) is 0 Å². The number of nitrogens with one attached hydrogen (secondary N) is 1. The molecule has 2 aromatic rings. The third-order valence-corrected chi connectivity index (χ3v) is 3.49. The second kappa shape index (κ2) is 8.84. The zero-order valence-electron chi connectivity index (χ0n) is 11.7. The summed E-state index contributed by atoms with van der Waals surface area (Å²) in [5.74, 6) is 1.61. The number of rotatable bonds is 7. The Hall–Kier alpha value is -1.23. The van der Waals surface area contributed by atoms with E-state index in [-0.39, 0.29) is 12.4 Å². The molecule has 1 heterocycles. The first-order valence-electron chi connectivity index (χ1n) is 6.39. The van der Waals surface area contributed by atoms with Gasteiger partial charge in [0.2, 0.25) is 0 Å². The summed E-state index contributed by atoms with van der Waals surface area (Å²) in [6.45, 7) is 4.03. The fourth-order valence-corrected chi connectivity index (χ4v) is 2.41. The second-order valence-corrected chi connectivity index (χ2v) is 5.14. The van der Waals surface area contributed by atoms with Gasteiger partial charge in [0.25, 0.3) is 0 Å². The van der Waals surface area contributed by atoms with Crippen LogP contribution in [0.1, 0.15) is 17.4 Å². The fourth-order valence-electron chi connectivity index (χ4n) is 1.80. The molecule has 0 amide bonds. The van der Waals surface area contributed by atoms with E-state index >= 15 is 0 Å². The maximum absolute atomic E-state index is 5.83. The van der Waals surface area contributed by atoms with Crippen molar-refractivity contribution in [2.45, 2.75) is 20.1 Å². The first-order valence-corrected chi connectivity index (χ1v) is 7.27. The van der Waals surface area contributed by atoms with Gasteiger partial charge in [-0.15, -0.1) is 23.7 Å². The van der Waals surface area contributed by atoms with E-state index in [9.17, 15) is 0 Å². The zero-order chi connectivity index (χ0) is 13.5. The normalized spacial score (nSPS) is 9.90. The molecule has 0 radical (unpaired) electrons. The predicted octanol–water partition coefficient (Wildman–Crippen LogP) is 3.87. The van der Waals surface area contributed by atoms with Crippen molar-refractivity contribution >= 4 is 23.7 Å². The van der Waals surface area contributed by atoms with E-state index in [0.29, 0.717) is 13.2 Å². The van der Waals surface area contributed by atoms with Crippen LogP contribution in [-0.4, -0.2) is 13.7 Å². The smallest absolute Gasteiger partial charge is 0.161 e. The average molecular weight is 314 g/mol. The highest BCUT2D eigenvalue weighted by Crippen LogP contribution is 2.29. The lowest BCUT2D eigenvalue weighted by atomic mass is 10.2. The van der Waals surface area contributed by atoms with Crippen molar-refractivity contribution in [3.05, 3.63) is 46.2 Å². The van der Waals surface area contributed by atoms with Crippen molar-refractivity contribution in [2.75, 3.05) is 13.7 Å². The van der Waals surface area contributed by atoms with Crippen molar-refractivity contribution in [1.82, 2.24) is 5.32 Å². The van der Waals surface area contributed by atoms with E-state index in [0.717, 1.165) is 18.0 Å². The van der Waals surface area contributed by atoms with Crippen molar-refractivity contribution in [3.8, 4) is 11.5 Å². The summed E-state index contributed by atoms with van der Waals surface area (Å²) in [7, 11) is 1.93. The summed E-state index contributed by atoms with van der Waals surface area (Å²) < 4.78 is 11.5. The van der Waals surface area contributed by atoms with E-state index in [1.54, 1.807) is 11.3 Å². The van der Waals surface area contributed by atoms with Gasteiger partial charge in [0.05, 0.1) is 6.61 Å². The van der Waals surface area contributed by atoms with Crippen molar-refractivity contribution in [3.63, 3.8) is 0 Å². The Morgan fingerprint density at radius 1 is 1.15 bits per heavy atom. The van der Waals surface area contributed by atoms with Crippen LogP contribution in [0.2, 0.25) is 0 Å². The van der Waals surface area contributed by atoms with Gasteiger partial charge >= 0.3 is 0 Å². The molecule has 0 aliphatic rings. The second-order valence-electron chi connectivity index (χ2n) is 4.11. The summed E-state index contributed by atoms with van der Waals surface area (Å²) in [5.41, 5.74) is 1.19. The predicted molar refractivity (Wildman–Crippen MR) is 86.3 cm³/mol. The van der Waals surface area contributed by atoms with E-state index < -0.39 is 0 Å². The molecule has 5 heteroatoms. The zero-order valence-corrected chi connectivity index (χ0v) is 13.4. The fraction of sp³-hybridized carbons (Fsp3) is 0.333. The maximum atomic E-state index is 5.83. The van der Waals surface area contributed by atoms with Gasteiger partial charge in [-0.05, 0) is 43.1 Å². The Kier molecular flexibility index (Phi) is 7.44. The van der Waals surface area contributed by atoms with E-state index in [1.807, 2.05) is 32.2 Å². The van der Waals surface area contributed by atoms with Crippen LogP contribution in [0.15, 0.2) is 35.7 Å². The Labute approximate surface area is 130 Å². The van der Waals surface area contributed by atoms with Crippen LogP contribution < -0.4 is 14.8 Å². The summed E-state index contributed by atoms with van der Waals surface area (Å²) in [6.07, 6.45) is 0. The Morgan fingerprint density at radius 2 is 2.00 bits per heavy atom. The number of benzene rings is 1. The molecule has 110 valence electrons. The minimum Gasteiger partial charge on any atom is -0.490 e. The first-order chi connectivity index (χ1) is 9.33. The minimum absolute atomic E-state index is 0. The van der Waals surface area contributed by atoms with Gasteiger partial charge in [0.1, 0.15) is 6.61 Å². The van der Waals surface area contributed by atoms with Crippen LogP contribution in [0.3, 0.4) is 0 Å². The standard InChI is InChI=1S/C15H19NO2S.ClH/c1-3-17-15-9-12(10-16-2)6-7-14(15)18-11-13-5-4-8-19-13;/h4-9,16H,3,10-11H2,1-2H3;1H. The molecule has 0 saturated heterocycles. The average Bonchev–Trinajstić information content (AvgIpc) is 2.92. The number of hydrogen-bond donors (Lipinski definition) is 1. The molecule has 1 N–H and O–H groups in total. The van der Waals surface area contributed by atoms with Crippen molar-refractivity contribution in [2.24, 2.45) is 0 Å². The molecule has 20 heavy (non-hydrogen) atoms. The molecule has 1 aromatic heterocycles. The lowest BCUT2D eigenvalue weighted by Crippen LogP contribution is -2.06. The molecule has 0 unspecified atom stereocenters. The number of thiophene rings is 1. The lowest BCUT2D eigenvalue weighted by Gasteiger charge is -2.13. The highest BCUT2D eigenvalue weighted by Gasteiger charge is 2.07. The summed E-state index contributed by atoms with van der Waals surface area (Å²) in [5, 5.41) is 5.19.